The highest BCUT2D eigenvalue weighted by molar-refractivity contribution is 7.19. The molecule has 2 heterocycles. The van der Waals surface area contributed by atoms with E-state index in [2.05, 4.69) is 25.7 Å². The maximum atomic E-state index is 13.4. The molecule has 0 atom stereocenters. The second kappa shape index (κ2) is 6.22. The lowest BCUT2D eigenvalue weighted by Crippen LogP contribution is -2.20. The van der Waals surface area contributed by atoms with Gasteiger partial charge in [-0.3, -0.25) is 5.32 Å². The fourth-order valence-electron chi connectivity index (χ4n) is 2.15. The fourth-order valence-corrected chi connectivity index (χ4v) is 2.94. The summed E-state index contributed by atoms with van der Waals surface area (Å²) in [5.41, 5.74) is -0.234. The van der Waals surface area contributed by atoms with Crippen molar-refractivity contribution < 1.29 is 13.6 Å². The van der Waals surface area contributed by atoms with E-state index in [0.29, 0.717) is 5.13 Å². The van der Waals surface area contributed by atoms with Gasteiger partial charge in [0.2, 0.25) is 10.3 Å². The van der Waals surface area contributed by atoms with Gasteiger partial charge in [0.1, 0.15) is 11.6 Å². The molecular weight excluding hydrogens is 312 g/mol. The summed E-state index contributed by atoms with van der Waals surface area (Å²) >= 11 is 1.24. The summed E-state index contributed by atoms with van der Waals surface area (Å²) < 4.78 is 26.5. The van der Waals surface area contributed by atoms with E-state index in [1.165, 1.54) is 11.3 Å². The fraction of sp³-hybridized carbons (Fsp3) is 0.308. The third-order valence-electron chi connectivity index (χ3n) is 3.19. The van der Waals surface area contributed by atoms with Crippen LogP contribution >= 0.6 is 11.3 Å². The van der Waals surface area contributed by atoms with Gasteiger partial charge in [-0.15, -0.1) is 10.2 Å². The van der Waals surface area contributed by atoms with Crippen LogP contribution < -0.4 is 15.5 Å². The van der Waals surface area contributed by atoms with Gasteiger partial charge >= 0.3 is 6.03 Å². The molecule has 0 aliphatic carbocycles. The zero-order valence-corrected chi connectivity index (χ0v) is 12.3. The minimum atomic E-state index is -0.716. The molecule has 0 bridgehead atoms. The maximum Gasteiger partial charge on any atom is 0.325 e. The number of aromatic nitrogens is 2. The molecular formula is C13H13F2N5OS. The summed E-state index contributed by atoms with van der Waals surface area (Å²) in [6.45, 7) is 1.85. The topological polar surface area (TPSA) is 70.2 Å². The summed E-state index contributed by atoms with van der Waals surface area (Å²) in [5, 5.41) is 13.6. The van der Waals surface area contributed by atoms with Gasteiger partial charge in [-0.2, -0.15) is 0 Å². The second-order valence-electron chi connectivity index (χ2n) is 4.79. The van der Waals surface area contributed by atoms with Crippen LogP contribution in [0.15, 0.2) is 18.2 Å². The highest BCUT2D eigenvalue weighted by Crippen LogP contribution is 2.27. The van der Waals surface area contributed by atoms with Gasteiger partial charge in [0.25, 0.3) is 0 Å². The average Bonchev–Trinajstić information content (AvgIpc) is 3.13. The number of anilines is 3. The van der Waals surface area contributed by atoms with Crippen LogP contribution in [0.2, 0.25) is 0 Å². The van der Waals surface area contributed by atoms with Crippen LogP contribution in [0, 0.1) is 11.6 Å². The number of halogens is 2. The molecule has 116 valence electrons. The van der Waals surface area contributed by atoms with Gasteiger partial charge in [-0.05, 0) is 25.0 Å². The van der Waals surface area contributed by atoms with Crippen molar-refractivity contribution in [2.75, 3.05) is 28.6 Å². The first-order chi connectivity index (χ1) is 10.6. The summed E-state index contributed by atoms with van der Waals surface area (Å²) in [6, 6.07) is 2.13. The average molecular weight is 325 g/mol. The highest BCUT2D eigenvalue weighted by Gasteiger charge is 2.17. The van der Waals surface area contributed by atoms with Crippen LogP contribution in [-0.2, 0) is 0 Å². The Kier molecular flexibility index (Phi) is 4.14. The molecule has 1 aromatic carbocycles. The van der Waals surface area contributed by atoms with Crippen LogP contribution in [-0.4, -0.2) is 29.3 Å². The van der Waals surface area contributed by atoms with Crippen molar-refractivity contribution in [1.29, 1.82) is 0 Å². The Labute approximate surface area is 129 Å². The predicted molar refractivity (Wildman–Crippen MR) is 80.4 cm³/mol. The van der Waals surface area contributed by atoms with E-state index in [4.69, 9.17) is 0 Å². The van der Waals surface area contributed by atoms with Crippen molar-refractivity contribution in [1.82, 2.24) is 10.2 Å². The van der Waals surface area contributed by atoms with Crippen molar-refractivity contribution in [3.63, 3.8) is 0 Å². The molecule has 1 aliphatic rings. The molecule has 0 spiro atoms. The molecule has 1 aromatic heterocycles. The van der Waals surface area contributed by atoms with Crippen LogP contribution in [0.4, 0.5) is 29.5 Å². The van der Waals surface area contributed by atoms with Crippen molar-refractivity contribution in [2.45, 2.75) is 12.8 Å². The van der Waals surface area contributed by atoms with Crippen LogP contribution in [0.1, 0.15) is 12.8 Å². The third-order valence-corrected chi connectivity index (χ3v) is 4.09. The number of hydrogen-bond donors (Lipinski definition) is 2. The SMILES string of the molecule is O=C(Nc1nnc(N2CCCC2)s1)Nc1cc(F)ccc1F. The monoisotopic (exact) mass is 325 g/mol. The molecule has 0 saturated carbocycles. The van der Waals surface area contributed by atoms with Gasteiger partial charge in [0.05, 0.1) is 5.69 Å². The Hall–Kier alpha value is -2.29. The lowest BCUT2D eigenvalue weighted by atomic mass is 10.3. The number of urea groups is 1. The molecule has 1 saturated heterocycles. The Morgan fingerprint density at radius 2 is 1.95 bits per heavy atom. The van der Waals surface area contributed by atoms with Gasteiger partial charge in [-0.25, -0.2) is 13.6 Å². The van der Waals surface area contributed by atoms with E-state index in [1.807, 2.05) is 0 Å². The number of nitrogens with zero attached hydrogens (tertiary/aromatic N) is 3. The first-order valence-corrected chi connectivity index (χ1v) is 7.55. The molecule has 9 heteroatoms. The predicted octanol–water partition coefficient (Wildman–Crippen LogP) is 3.06. The quantitative estimate of drug-likeness (QED) is 0.910. The molecule has 2 amide bonds. The normalized spacial score (nSPS) is 14.2. The molecule has 1 fully saturated rings. The van der Waals surface area contributed by atoms with E-state index in [9.17, 15) is 13.6 Å². The third kappa shape index (κ3) is 3.30. The van der Waals surface area contributed by atoms with Gasteiger partial charge in [0.15, 0.2) is 0 Å². The van der Waals surface area contributed by atoms with Crippen LogP contribution in [0.3, 0.4) is 0 Å². The lowest BCUT2D eigenvalue weighted by molar-refractivity contribution is 0.262. The molecule has 3 rings (SSSR count). The first kappa shape index (κ1) is 14.6. The van der Waals surface area contributed by atoms with Crippen molar-refractivity contribution in [3.05, 3.63) is 29.8 Å². The van der Waals surface area contributed by atoms with Crippen LogP contribution in [0.5, 0.6) is 0 Å². The molecule has 1 aliphatic heterocycles. The van der Waals surface area contributed by atoms with Gasteiger partial charge in [0, 0.05) is 19.2 Å². The maximum absolute atomic E-state index is 13.4. The van der Waals surface area contributed by atoms with Crippen molar-refractivity contribution >= 4 is 33.3 Å². The number of amides is 2. The van der Waals surface area contributed by atoms with Gasteiger partial charge < -0.3 is 10.2 Å². The number of carbonyl (C=O) groups is 1. The smallest absolute Gasteiger partial charge is 0.325 e. The van der Waals surface area contributed by atoms with E-state index in [-0.39, 0.29) is 5.69 Å². The first-order valence-electron chi connectivity index (χ1n) is 6.73. The summed E-state index contributed by atoms with van der Waals surface area (Å²) in [5.74, 6) is -1.35. The van der Waals surface area contributed by atoms with E-state index in [1.54, 1.807) is 0 Å². The molecule has 2 aromatic rings. The largest absolute Gasteiger partial charge is 0.347 e. The lowest BCUT2D eigenvalue weighted by Gasteiger charge is -2.11. The Morgan fingerprint density at radius 3 is 2.73 bits per heavy atom. The molecule has 22 heavy (non-hydrogen) atoms. The summed E-state index contributed by atoms with van der Waals surface area (Å²) in [7, 11) is 0. The minimum absolute atomic E-state index is 0.234. The Bertz CT molecular complexity index is 687. The number of benzene rings is 1. The Morgan fingerprint density at radius 1 is 1.18 bits per heavy atom. The standard InChI is InChI=1S/C13H13F2N5OS/c14-8-3-4-9(15)10(7-8)16-11(21)17-12-18-19-13(22-12)20-5-1-2-6-20/h3-4,7H,1-2,5-6H2,(H2,16,17,18,21). The number of nitrogens with one attached hydrogen (secondary N) is 2. The molecule has 2 N–H and O–H groups in total. The van der Waals surface area contributed by atoms with Crippen molar-refractivity contribution in [3.8, 4) is 0 Å². The highest BCUT2D eigenvalue weighted by atomic mass is 32.1. The Balaban J connectivity index is 1.63. The zero-order chi connectivity index (χ0) is 15.5. The van der Waals surface area contributed by atoms with Crippen molar-refractivity contribution in [2.24, 2.45) is 0 Å². The number of carbonyl (C=O) groups excluding carboxylic acids is 1. The number of hydrogen-bond acceptors (Lipinski definition) is 5. The van der Waals surface area contributed by atoms with E-state index < -0.39 is 17.7 Å². The summed E-state index contributed by atoms with van der Waals surface area (Å²) in [4.78, 5) is 13.9. The molecule has 6 nitrogen and oxygen atoms in total. The number of rotatable bonds is 3. The second-order valence-corrected chi connectivity index (χ2v) is 5.74. The van der Waals surface area contributed by atoms with E-state index in [0.717, 1.165) is 49.3 Å². The van der Waals surface area contributed by atoms with Gasteiger partial charge in [-0.1, -0.05) is 11.3 Å². The van der Waals surface area contributed by atoms with Crippen LogP contribution in [0.25, 0.3) is 0 Å². The summed E-state index contributed by atoms with van der Waals surface area (Å²) in [6.07, 6.45) is 2.23. The minimum Gasteiger partial charge on any atom is -0.347 e. The molecule has 0 unspecified atom stereocenters. The zero-order valence-electron chi connectivity index (χ0n) is 11.5. The molecule has 0 radical (unpaired) electrons. The van der Waals surface area contributed by atoms with E-state index >= 15 is 0 Å².